The minimum atomic E-state index is -0.284. The van der Waals surface area contributed by atoms with E-state index in [9.17, 15) is 9.90 Å². The lowest BCUT2D eigenvalue weighted by atomic mass is 9.92. The Balaban J connectivity index is 1.47. The highest BCUT2D eigenvalue weighted by Gasteiger charge is 2.25. The summed E-state index contributed by atoms with van der Waals surface area (Å²) in [4.78, 5) is 18.7. The number of aliphatic hydroxyl groups excluding tert-OH is 1. The van der Waals surface area contributed by atoms with Gasteiger partial charge in [-0.05, 0) is 44.2 Å². The van der Waals surface area contributed by atoms with Crippen LogP contribution in [-0.4, -0.2) is 51.2 Å². The van der Waals surface area contributed by atoms with Gasteiger partial charge in [-0.3, -0.25) is 0 Å². The molecule has 3 heterocycles. The maximum absolute atomic E-state index is 12.2. The number of aromatic nitrogens is 2. The van der Waals surface area contributed by atoms with E-state index in [1.165, 1.54) is 0 Å². The number of carbonyl (C=O) groups is 1. The Hall–Kier alpha value is -2.08. The van der Waals surface area contributed by atoms with Gasteiger partial charge in [0.25, 0.3) is 0 Å². The van der Waals surface area contributed by atoms with Gasteiger partial charge in [0.1, 0.15) is 5.65 Å². The molecule has 0 aromatic carbocycles. The molecule has 0 aliphatic carbocycles. The topological polar surface area (TPSA) is 69.9 Å². The van der Waals surface area contributed by atoms with Gasteiger partial charge in [0.05, 0.1) is 11.8 Å². The fourth-order valence-electron chi connectivity index (χ4n) is 3.32. The van der Waals surface area contributed by atoms with Crippen LogP contribution in [0.25, 0.3) is 5.65 Å². The van der Waals surface area contributed by atoms with E-state index >= 15 is 0 Å². The molecule has 1 aliphatic rings. The minimum absolute atomic E-state index is 0.0148. The first-order valence-electron chi connectivity index (χ1n) is 8.68. The second-order valence-corrected chi connectivity index (χ2v) is 6.70. The SMILES string of the molecule is Cc1cccn2cc(CCNC(=O)N3CCC(C(C)O)CC3)nc12. The van der Waals surface area contributed by atoms with Crippen molar-refractivity contribution < 1.29 is 9.90 Å². The molecule has 1 unspecified atom stereocenters. The van der Waals surface area contributed by atoms with Crippen molar-refractivity contribution in [3.8, 4) is 0 Å². The standard InChI is InChI=1S/C18H26N4O2/c1-13-4-3-9-22-12-16(20-17(13)22)5-8-19-18(24)21-10-6-15(7-11-21)14(2)23/h3-4,9,12,14-15,23H,5-8,10-11H2,1-2H3,(H,19,24). The Morgan fingerprint density at radius 1 is 1.46 bits per heavy atom. The maximum Gasteiger partial charge on any atom is 0.317 e. The molecule has 1 saturated heterocycles. The van der Waals surface area contributed by atoms with E-state index in [-0.39, 0.29) is 12.1 Å². The summed E-state index contributed by atoms with van der Waals surface area (Å²) in [7, 11) is 0. The number of nitrogens with zero attached hydrogens (tertiary/aromatic N) is 3. The first-order chi connectivity index (χ1) is 11.5. The number of aryl methyl sites for hydroxylation is 1. The quantitative estimate of drug-likeness (QED) is 0.901. The van der Waals surface area contributed by atoms with Gasteiger partial charge in [0.15, 0.2) is 0 Å². The largest absolute Gasteiger partial charge is 0.393 e. The molecule has 0 radical (unpaired) electrons. The zero-order valence-electron chi connectivity index (χ0n) is 14.4. The molecule has 1 fully saturated rings. The lowest BCUT2D eigenvalue weighted by Crippen LogP contribution is -2.46. The number of imidazole rings is 1. The number of rotatable bonds is 4. The van der Waals surface area contributed by atoms with Crippen LogP contribution in [0.15, 0.2) is 24.5 Å². The van der Waals surface area contributed by atoms with Crippen molar-refractivity contribution in [2.75, 3.05) is 19.6 Å². The van der Waals surface area contributed by atoms with Crippen molar-refractivity contribution in [2.24, 2.45) is 5.92 Å². The Bertz CT molecular complexity index is 702. The van der Waals surface area contributed by atoms with Gasteiger partial charge < -0.3 is 19.7 Å². The van der Waals surface area contributed by atoms with Crippen LogP contribution < -0.4 is 5.32 Å². The number of fused-ring (bicyclic) bond motifs is 1. The van der Waals surface area contributed by atoms with Crippen molar-refractivity contribution in [1.29, 1.82) is 0 Å². The summed E-state index contributed by atoms with van der Waals surface area (Å²) in [5, 5.41) is 12.6. The third-order valence-electron chi connectivity index (χ3n) is 4.89. The Morgan fingerprint density at radius 3 is 2.88 bits per heavy atom. The summed E-state index contributed by atoms with van der Waals surface area (Å²) in [5.41, 5.74) is 3.10. The molecule has 130 valence electrons. The molecule has 24 heavy (non-hydrogen) atoms. The summed E-state index contributed by atoms with van der Waals surface area (Å²) < 4.78 is 2.02. The number of piperidine rings is 1. The fourth-order valence-corrected chi connectivity index (χ4v) is 3.32. The second kappa shape index (κ2) is 7.21. The Kier molecular flexibility index (Phi) is 5.04. The molecule has 2 N–H and O–H groups in total. The number of nitrogens with one attached hydrogen (secondary N) is 1. The number of amides is 2. The van der Waals surface area contributed by atoms with Crippen LogP contribution in [0.2, 0.25) is 0 Å². The van der Waals surface area contributed by atoms with E-state index in [0.717, 1.165) is 49.3 Å². The predicted molar refractivity (Wildman–Crippen MR) is 93.0 cm³/mol. The van der Waals surface area contributed by atoms with Crippen LogP contribution in [0.5, 0.6) is 0 Å². The second-order valence-electron chi connectivity index (χ2n) is 6.70. The number of likely N-dealkylation sites (tertiary alicyclic amines) is 1. The van der Waals surface area contributed by atoms with Gasteiger partial charge in [0, 0.05) is 38.4 Å². The molecule has 6 nitrogen and oxygen atoms in total. The average molecular weight is 330 g/mol. The summed E-state index contributed by atoms with van der Waals surface area (Å²) in [6, 6.07) is 4.04. The van der Waals surface area contributed by atoms with E-state index in [1.54, 1.807) is 0 Å². The van der Waals surface area contributed by atoms with Gasteiger partial charge in [-0.1, -0.05) is 6.07 Å². The van der Waals surface area contributed by atoms with Crippen molar-refractivity contribution in [2.45, 2.75) is 39.2 Å². The smallest absolute Gasteiger partial charge is 0.317 e. The molecule has 2 aromatic rings. The van der Waals surface area contributed by atoms with E-state index in [4.69, 9.17) is 0 Å². The van der Waals surface area contributed by atoms with Crippen LogP contribution in [-0.2, 0) is 6.42 Å². The number of hydrogen-bond donors (Lipinski definition) is 2. The summed E-state index contributed by atoms with van der Waals surface area (Å²) in [6.45, 7) is 5.89. The van der Waals surface area contributed by atoms with E-state index in [1.807, 2.05) is 47.7 Å². The Morgan fingerprint density at radius 2 is 2.21 bits per heavy atom. The van der Waals surface area contributed by atoms with E-state index in [2.05, 4.69) is 10.3 Å². The molecule has 2 aromatic heterocycles. The van der Waals surface area contributed by atoms with Gasteiger partial charge in [-0.2, -0.15) is 0 Å². The van der Waals surface area contributed by atoms with Crippen molar-refractivity contribution >= 4 is 11.7 Å². The molecular formula is C18H26N4O2. The van der Waals surface area contributed by atoms with Crippen molar-refractivity contribution in [3.63, 3.8) is 0 Å². The molecule has 1 atom stereocenters. The first kappa shape index (κ1) is 16.8. The van der Waals surface area contributed by atoms with Crippen LogP contribution in [0.1, 0.15) is 31.0 Å². The molecular weight excluding hydrogens is 304 g/mol. The molecule has 0 spiro atoms. The third-order valence-corrected chi connectivity index (χ3v) is 4.89. The highest BCUT2D eigenvalue weighted by Crippen LogP contribution is 2.20. The summed E-state index contributed by atoms with van der Waals surface area (Å²) >= 11 is 0. The average Bonchev–Trinajstić information content (AvgIpc) is 2.99. The van der Waals surface area contributed by atoms with Gasteiger partial charge in [0.2, 0.25) is 0 Å². The fraction of sp³-hybridized carbons (Fsp3) is 0.556. The monoisotopic (exact) mass is 330 g/mol. The Labute approximate surface area is 142 Å². The van der Waals surface area contributed by atoms with Crippen LogP contribution >= 0.6 is 0 Å². The first-order valence-corrected chi connectivity index (χ1v) is 8.68. The van der Waals surface area contributed by atoms with Crippen LogP contribution in [0, 0.1) is 12.8 Å². The van der Waals surface area contributed by atoms with Gasteiger partial charge >= 0.3 is 6.03 Å². The lowest BCUT2D eigenvalue weighted by Gasteiger charge is -2.33. The molecule has 1 aliphatic heterocycles. The van der Waals surface area contributed by atoms with Crippen molar-refractivity contribution in [1.82, 2.24) is 19.6 Å². The predicted octanol–water partition coefficient (Wildman–Crippen LogP) is 1.99. The number of urea groups is 1. The normalized spacial score (nSPS) is 17.2. The number of aliphatic hydroxyl groups is 1. The van der Waals surface area contributed by atoms with Crippen molar-refractivity contribution in [3.05, 3.63) is 35.8 Å². The summed E-state index contributed by atoms with van der Waals surface area (Å²) in [6.07, 6.45) is 6.19. The zero-order valence-corrected chi connectivity index (χ0v) is 14.4. The van der Waals surface area contributed by atoms with Gasteiger partial charge in [-0.25, -0.2) is 9.78 Å². The number of pyridine rings is 1. The van der Waals surface area contributed by atoms with E-state index < -0.39 is 0 Å². The summed E-state index contributed by atoms with van der Waals surface area (Å²) in [5.74, 6) is 0.315. The maximum atomic E-state index is 12.2. The molecule has 6 heteroatoms. The van der Waals surface area contributed by atoms with Gasteiger partial charge in [-0.15, -0.1) is 0 Å². The number of carbonyl (C=O) groups excluding carboxylic acids is 1. The third kappa shape index (κ3) is 3.70. The highest BCUT2D eigenvalue weighted by molar-refractivity contribution is 5.74. The number of hydrogen-bond acceptors (Lipinski definition) is 3. The van der Waals surface area contributed by atoms with Crippen LogP contribution in [0.3, 0.4) is 0 Å². The zero-order chi connectivity index (χ0) is 17.1. The lowest BCUT2D eigenvalue weighted by molar-refractivity contribution is 0.0799. The van der Waals surface area contributed by atoms with Crippen LogP contribution in [0.4, 0.5) is 4.79 Å². The van der Waals surface area contributed by atoms with E-state index in [0.29, 0.717) is 12.5 Å². The molecule has 0 bridgehead atoms. The molecule has 3 rings (SSSR count). The highest BCUT2D eigenvalue weighted by atomic mass is 16.3. The minimum Gasteiger partial charge on any atom is -0.393 e. The molecule has 2 amide bonds. The molecule has 0 saturated carbocycles.